The predicted molar refractivity (Wildman–Crippen MR) is 67.8 cm³/mol. The summed E-state index contributed by atoms with van der Waals surface area (Å²) >= 11 is 0. The number of rotatable bonds is 4. The second-order valence-corrected chi connectivity index (χ2v) is 5.49. The molecule has 4 atom stereocenters. The highest BCUT2D eigenvalue weighted by Gasteiger charge is 2.52. The number of nitrogens with zero attached hydrogens (tertiary/aromatic N) is 1. The van der Waals surface area contributed by atoms with Gasteiger partial charge in [-0.1, -0.05) is 24.3 Å². The third kappa shape index (κ3) is 2.07. The van der Waals surface area contributed by atoms with Crippen molar-refractivity contribution in [2.45, 2.75) is 13.3 Å². The Hall–Kier alpha value is -1.58. The molecule has 2 aliphatic rings. The van der Waals surface area contributed by atoms with Crippen LogP contribution in [0.1, 0.15) is 13.3 Å². The SMILES string of the molecule is C=C(C)CN(C)C(=O)[C@H]1C2C=CC(C2)[C@H]1C(=O)O. The molecule has 0 aromatic carbocycles. The molecule has 98 valence electrons. The van der Waals surface area contributed by atoms with Crippen molar-refractivity contribution in [2.24, 2.45) is 23.7 Å². The van der Waals surface area contributed by atoms with Gasteiger partial charge in [-0.2, -0.15) is 0 Å². The Morgan fingerprint density at radius 2 is 1.89 bits per heavy atom. The summed E-state index contributed by atoms with van der Waals surface area (Å²) in [6, 6.07) is 0. The minimum Gasteiger partial charge on any atom is -0.481 e. The summed E-state index contributed by atoms with van der Waals surface area (Å²) in [5.41, 5.74) is 0.899. The molecule has 4 nitrogen and oxygen atoms in total. The molecule has 2 unspecified atom stereocenters. The van der Waals surface area contributed by atoms with Gasteiger partial charge in [-0.15, -0.1) is 0 Å². The van der Waals surface area contributed by atoms with Crippen LogP contribution in [0.15, 0.2) is 24.3 Å². The van der Waals surface area contributed by atoms with Crippen molar-refractivity contribution in [1.82, 2.24) is 4.90 Å². The standard InChI is InChI=1S/C14H19NO3/c1-8(2)7-15(3)13(16)11-9-4-5-10(6-9)12(11)14(17)18/h4-5,9-12H,1,6-7H2,2-3H3,(H,17,18)/t9?,10?,11-,12+/m0/s1. The van der Waals surface area contributed by atoms with Crippen LogP contribution in [0.3, 0.4) is 0 Å². The van der Waals surface area contributed by atoms with E-state index in [1.54, 1.807) is 11.9 Å². The first kappa shape index (κ1) is 12.9. The van der Waals surface area contributed by atoms with Crippen LogP contribution in [0.2, 0.25) is 0 Å². The Morgan fingerprint density at radius 3 is 2.39 bits per heavy atom. The van der Waals surface area contributed by atoms with E-state index in [9.17, 15) is 14.7 Å². The summed E-state index contributed by atoms with van der Waals surface area (Å²) < 4.78 is 0. The van der Waals surface area contributed by atoms with Crippen LogP contribution in [-0.2, 0) is 9.59 Å². The maximum Gasteiger partial charge on any atom is 0.307 e. The normalized spacial score (nSPS) is 32.6. The van der Waals surface area contributed by atoms with Crippen molar-refractivity contribution in [3.8, 4) is 0 Å². The van der Waals surface area contributed by atoms with E-state index in [0.717, 1.165) is 12.0 Å². The summed E-state index contributed by atoms with van der Waals surface area (Å²) in [4.78, 5) is 25.3. The van der Waals surface area contributed by atoms with Gasteiger partial charge in [0.05, 0.1) is 11.8 Å². The van der Waals surface area contributed by atoms with Crippen molar-refractivity contribution in [3.05, 3.63) is 24.3 Å². The number of hydrogen-bond acceptors (Lipinski definition) is 2. The van der Waals surface area contributed by atoms with Gasteiger partial charge in [0.15, 0.2) is 0 Å². The van der Waals surface area contributed by atoms with Gasteiger partial charge in [0.25, 0.3) is 0 Å². The van der Waals surface area contributed by atoms with Crippen LogP contribution in [0.4, 0.5) is 0 Å². The molecule has 1 amide bonds. The number of carboxylic acids is 1. The second-order valence-electron chi connectivity index (χ2n) is 5.49. The van der Waals surface area contributed by atoms with Crippen LogP contribution in [0.5, 0.6) is 0 Å². The Morgan fingerprint density at radius 1 is 1.33 bits per heavy atom. The maximum atomic E-state index is 12.4. The number of hydrogen-bond donors (Lipinski definition) is 1. The first-order valence-corrected chi connectivity index (χ1v) is 6.22. The van der Waals surface area contributed by atoms with Gasteiger partial charge < -0.3 is 10.0 Å². The molecular formula is C14H19NO3. The summed E-state index contributed by atoms with van der Waals surface area (Å²) in [5.74, 6) is -1.76. The largest absolute Gasteiger partial charge is 0.481 e. The number of allylic oxidation sites excluding steroid dienone is 2. The molecule has 18 heavy (non-hydrogen) atoms. The average Bonchev–Trinajstić information content (AvgIpc) is 2.85. The smallest absolute Gasteiger partial charge is 0.307 e. The lowest BCUT2D eigenvalue weighted by Crippen LogP contribution is -2.41. The fourth-order valence-corrected chi connectivity index (χ4v) is 3.23. The molecular weight excluding hydrogens is 230 g/mol. The first-order valence-electron chi connectivity index (χ1n) is 6.22. The van der Waals surface area contributed by atoms with Gasteiger partial charge in [0, 0.05) is 13.6 Å². The maximum absolute atomic E-state index is 12.4. The van der Waals surface area contributed by atoms with Crippen LogP contribution < -0.4 is 0 Å². The lowest BCUT2D eigenvalue weighted by molar-refractivity contribution is -0.150. The van der Waals surface area contributed by atoms with Gasteiger partial charge in [-0.3, -0.25) is 9.59 Å². The van der Waals surface area contributed by atoms with E-state index in [2.05, 4.69) is 6.58 Å². The lowest BCUT2D eigenvalue weighted by Gasteiger charge is -2.28. The zero-order chi connectivity index (χ0) is 13.4. The highest BCUT2D eigenvalue weighted by molar-refractivity contribution is 5.86. The molecule has 2 aliphatic carbocycles. The van der Waals surface area contributed by atoms with E-state index in [4.69, 9.17) is 0 Å². The quantitative estimate of drug-likeness (QED) is 0.769. The third-order valence-electron chi connectivity index (χ3n) is 3.91. The molecule has 1 fully saturated rings. The number of carbonyl (C=O) groups is 2. The lowest BCUT2D eigenvalue weighted by atomic mass is 9.82. The van der Waals surface area contributed by atoms with Crippen molar-refractivity contribution in [1.29, 1.82) is 0 Å². The van der Waals surface area contributed by atoms with Crippen molar-refractivity contribution >= 4 is 11.9 Å². The molecule has 0 radical (unpaired) electrons. The molecule has 0 spiro atoms. The molecule has 0 saturated heterocycles. The zero-order valence-electron chi connectivity index (χ0n) is 10.8. The average molecular weight is 249 g/mol. The van der Waals surface area contributed by atoms with Gasteiger partial charge in [-0.25, -0.2) is 0 Å². The second kappa shape index (κ2) is 4.59. The van der Waals surface area contributed by atoms with Crippen LogP contribution in [-0.4, -0.2) is 35.5 Å². The van der Waals surface area contributed by atoms with E-state index in [1.807, 2.05) is 19.1 Å². The number of likely N-dealkylation sites (N-methyl/N-ethyl adjacent to an activating group) is 1. The molecule has 0 aliphatic heterocycles. The minimum absolute atomic E-state index is 0.0275. The molecule has 1 saturated carbocycles. The van der Waals surface area contributed by atoms with Crippen molar-refractivity contribution in [2.75, 3.05) is 13.6 Å². The molecule has 4 heteroatoms. The summed E-state index contributed by atoms with van der Waals surface area (Å²) in [6.45, 7) is 6.13. The molecule has 0 heterocycles. The Labute approximate surface area is 107 Å². The van der Waals surface area contributed by atoms with Crippen LogP contribution in [0.25, 0.3) is 0 Å². The van der Waals surface area contributed by atoms with E-state index < -0.39 is 17.8 Å². The molecule has 2 rings (SSSR count). The van der Waals surface area contributed by atoms with Crippen LogP contribution in [0, 0.1) is 23.7 Å². The zero-order valence-corrected chi connectivity index (χ0v) is 10.8. The monoisotopic (exact) mass is 249 g/mol. The molecule has 1 N–H and O–H groups in total. The minimum atomic E-state index is -0.853. The number of amides is 1. The Balaban J connectivity index is 2.16. The van der Waals surface area contributed by atoms with Gasteiger partial charge in [0.1, 0.15) is 0 Å². The number of carboxylic acid groups (broad SMARTS) is 1. The van der Waals surface area contributed by atoms with Gasteiger partial charge in [0.2, 0.25) is 5.91 Å². The first-order chi connectivity index (χ1) is 8.41. The van der Waals surface area contributed by atoms with E-state index >= 15 is 0 Å². The predicted octanol–water partition coefficient (Wildman–Crippen LogP) is 1.54. The number of carbonyl (C=O) groups excluding carboxylic acids is 1. The molecule has 0 aromatic rings. The molecule has 0 aromatic heterocycles. The number of aliphatic carboxylic acids is 1. The highest BCUT2D eigenvalue weighted by atomic mass is 16.4. The third-order valence-corrected chi connectivity index (χ3v) is 3.91. The summed E-state index contributed by atoms with van der Waals surface area (Å²) in [6.07, 6.45) is 4.75. The summed E-state index contributed by atoms with van der Waals surface area (Å²) in [7, 11) is 1.71. The summed E-state index contributed by atoms with van der Waals surface area (Å²) in [5, 5.41) is 9.30. The van der Waals surface area contributed by atoms with Crippen LogP contribution >= 0.6 is 0 Å². The Bertz CT molecular complexity index is 427. The molecule has 2 bridgehead atoms. The van der Waals surface area contributed by atoms with Crippen molar-refractivity contribution < 1.29 is 14.7 Å². The highest BCUT2D eigenvalue weighted by Crippen LogP contribution is 2.48. The van der Waals surface area contributed by atoms with Gasteiger partial charge >= 0.3 is 5.97 Å². The van der Waals surface area contributed by atoms with E-state index in [0.29, 0.717) is 6.54 Å². The fraction of sp³-hybridized carbons (Fsp3) is 0.571. The van der Waals surface area contributed by atoms with Crippen molar-refractivity contribution in [3.63, 3.8) is 0 Å². The number of fused-ring (bicyclic) bond motifs is 2. The van der Waals surface area contributed by atoms with Gasteiger partial charge in [-0.05, 0) is 25.2 Å². The van der Waals surface area contributed by atoms with E-state index in [-0.39, 0.29) is 17.7 Å². The topological polar surface area (TPSA) is 57.6 Å². The fourth-order valence-electron chi connectivity index (χ4n) is 3.23. The van der Waals surface area contributed by atoms with E-state index in [1.165, 1.54) is 0 Å². The Kier molecular flexibility index (Phi) is 3.28.